The van der Waals surface area contributed by atoms with E-state index in [4.69, 9.17) is 9.47 Å². The first-order chi connectivity index (χ1) is 15.6. The average Bonchev–Trinajstić information content (AvgIpc) is 2.76. The lowest BCUT2D eigenvalue weighted by atomic mass is 9.72. The fraction of sp³-hybridized carbons (Fsp3) is 0.379. The molecule has 4 heteroatoms. The van der Waals surface area contributed by atoms with Gasteiger partial charge in [0.05, 0.1) is 7.11 Å². The first kappa shape index (κ1) is 26.1. The molecular weight excluding hydrogens is 412 g/mol. The molecule has 2 rings (SSSR count). The standard InChI is InChI=1S/C29H36O4/c1-21(12-17-26-23(3)11-8-18-29(26,4)5)9-7-10-22(2)19-28(31)33-20-27(30)24-13-15-25(32-6)16-14-24/h7,9-10,12-17,19H,8,11,18,20H2,1-6H3/b10-7+,17-12+,21-9-,22-19-. The molecule has 0 fully saturated rings. The smallest absolute Gasteiger partial charge is 0.331 e. The Kier molecular flexibility index (Phi) is 9.65. The van der Waals surface area contributed by atoms with Crippen LogP contribution < -0.4 is 4.74 Å². The lowest BCUT2D eigenvalue weighted by molar-refractivity contribution is -0.136. The molecule has 0 unspecified atom stereocenters. The fourth-order valence-electron chi connectivity index (χ4n) is 3.90. The van der Waals surface area contributed by atoms with E-state index in [1.54, 1.807) is 31.4 Å². The van der Waals surface area contributed by atoms with Gasteiger partial charge in [-0.2, -0.15) is 0 Å². The molecular formula is C29H36O4. The third-order valence-corrected chi connectivity index (χ3v) is 5.88. The van der Waals surface area contributed by atoms with Gasteiger partial charge in [-0.05, 0) is 80.9 Å². The molecule has 4 nitrogen and oxygen atoms in total. The van der Waals surface area contributed by atoms with E-state index in [-0.39, 0.29) is 17.8 Å². The highest BCUT2D eigenvalue weighted by atomic mass is 16.5. The summed E-state index contributed by atoms with van der Waals surface area (Å²) in [7, 11) is 1.56. The summed E-state index contributed by atoms with van der Waals surface area (Å²) in [5.74, 6) is -0.135. The largest absolute Gasteiger partial charge is 0.497 e. The minimum absolute atomic E-state index is 0.226. The fourth-order valence-corrected chi connectivity index (χ4v) is 3.90. The Morgan fingerprint density at radius 1 is 1.06 bits per heavy atom. The van der Waals surface area contributed by atoms with Crippen molar-refractivity contribution in [2.24, 2.45) is 5.41 Å². The van der Waals surface area contributed by atoms with E-state index in [2.05, 4.69) is 39.8 Å². The summed E-state index contributed by atoms with van der Waals surface area (Å²) in [5.41, 5.74) is 5.50. The van der Waals surface area contributed by atoms with Gasteiger partial charge in [-0.1, -0.05) is 55.4 Å². The molecule has 33 heavy (non-hydrogen) atoms. The normalized spacial score (nSPS) is 17.0. The number of hydrogen-bond donors (Lipinski definition) is 0. The second-order valence-electron chi connectivity index (χ2n) is 9.18. The monoisotopic (exact) mass is 448 g/mol. The topological polar surface area (TPSA) is 52.6 Å². The number of allylic oxidation sites excluding steroid dienone is 9. The Hall–Kier alpha value is -3.14. The number of methoxy groups -OCH3 is 1. The minimum atomic E-state index is -0.540. The lowest BCUT2D eigenvalue weighted by Gasteiger charge is -2.32. The Morgan fingerprint density at radius 2 is 1.76 bits per heavy atom. The Bertz CT molecular complexity index is 999. The predicted octanol–water partition coefficient (Wildman–Crippen LogP) is 6.95. The molecule has 0 saturated heterocycles. The van der Waals surface area contributed by atoms with Crippen molar-refractivity contribution in [1.29, 1.82) is 0 Å². The summed E-state index contributed by atoms with van der Waals surface area (Å²) >= 11 is 0. The molecule has 0 aromatic heterocycles. The molecule has 0 N–H and O–H groups in total. The van der Waals surface area contributed by atoms with E-state index in [0.29, 0.717) is 11.3 Å². The molecule has 0 heterocycles. The van der Waals surface area contributed by atoms with E-state index >= 15 is 0 Å². The maximum atomic E-state index is 12.1. The number of ketones is 1. The zero-order valence-electron chi connectivity index (χ0n) is 20.7. The van der Waals surface area contributed by atoms with E-state index in [1.807, 2.05) is 25.2 Å². The van der Waals surface area contributed by atoms with Gasteiger partial charge in [-0.3, -0.25) is 4.79 Å². The van der Waals surface area contributed by atoms with Crippen LogP contribution >= 0.6 is 0 Å². The molecule has 0 bridgehead atoms. The highest BCUT2D eigenvalue weighted by Crippen LogP contribution is 2.40. The van der Waals surface area contributed by atoms with Gasteiger partial charge < -0.3 is 9.47 Å². The number of rotatable bonds is 9. The van der Waals surface area contributed by atoms with E-state index in [0.717, 1.165) is 11.1 Å². The molecule has 0 radical (unpaired) electrons. The van der Waals surface area contributed by atoms with Crippen molar-refractivity contribution >= 4 is 11.8 Å². The van der Waals surface area contributed by atoms with Gasteiger partial charge in [0.1, 0.15) is 5.75 Å². The quantitative estimate of drug-likeness (QED) is 0.177. The molecule has 0 amide bonds. The van der Waals surface area contributed by atoms with Crippen LogP contribution in [-0.2, 0) is 9.53 Å². The SMILES string of the molecule is COc1ccc(C(=O)COC(=O)\C=C(C)/C=C/C=C(C)\C=C\C2=C(C)CCCC2(C)C)cc1. The lowest BCUT2D eigenvalue weighted by Crippen LogP contribution is -2.19. The van der Waals surface area contributed by atoms with Crippen molar-refractivity contribution in [3.8, 4) is 5.75 Å². The third kappa shape index (κ3) is 8.38. The summed E-state index contributed by atoms with van der Waals surface area (Å²) in [6.45, 7) is 10.4. The second-order valence-corrected chi connectivity index (χ2v) is 9.18. The van der Waals surface area contributed by atoms with Crippen molar-refractivity contribution in [3.63, 3.8) is 0 Å². The van der Waals surface area contributed by atoms with Crippen LogP contribution in [0.3, 0.4) is 0 Å². The van der Waals surface area contributed by atoms with Crippen LogP contribution in [0, 0.1) is 5.41 Å². The molecule has 1 aliphatic carbocycles. The summed E-state index contributed by atoms with van der Waals surface area (Å²) in [6, 6.07) is 6.69. The summed E-state index contributed by atoms with van der Waals surface area (Å²) < 4.78 is 10.2. The maximum absolute atomic E-state index is 12.1. The van der Waals surface area contributed by atoms with Crippen LogP contribution in [0.25, 0.3) is 0 Å². The highest BCUT2D eigenvalue weighted by molar-refractivity contribution is 5.98. The van der Waals surface area contributed by atoms with Gasteiger partial charge in [0.25, 0.3) is 0 Å². The maximum Gasteiger partial charge on any atom is 0.331 e. The Morgan fingerprint density at radius 3 is 2.39 bits per heavy atom. The van der Waals surface area contributed by atoms with Crippen molar-refractivity contribution in [1.82, 2.24) is 0 Å². The molecule has 1 aromatic rings. The van der Waals surface area contributed by atoms with Crippen LogP contribution in [0.5, 0.6) is 5.75 Å². The Labute approximate surface area is 198 Å². The van der Waals surface area contributed by atoms with Gasteiger partial charge in [0, 0.05) is 11.6 Å². The summed E-state index contributed by atoms with van der Waals surface area (Å²) in [6.07, 6.45) is 15.2. The van der Waals surface area contributed by atoms with Gasteiger partial charge in [-0.15, -0.1) is 0 Å². The zero-order valence-corrected chi connectivity index (χ0v) is 20.7. The van der Waals surface area contributed by atoms with E-state index in [9.17, 15) is 9.59 Å². The van der Waals surface area contributed by atoms with Crippen molar-refractivity contribution < 1.29 is 19.1 Å². The number of Topliss-reactive ketones (excluding diaryl/α,β-unsaturated/α-hetero) is 1. The zero-order chi connectivity index (χ0) is 24.4. The predicted molar refractivity (Wildman–Crippen MR) is 134 cm³/mol. The van der Waals surface area contributed by atoms with Crippen LogP contribution in [-0.4, -0.2) is 25.5 Å². The molecule has 176 valence electrons. The van der Waals surface area contributed by atoms with Gasteiger partial charge in [0.15, 0.2) is 12.4 Å². The number of hydrogen-bond acceptors (Lipinski definition) is 4. The number of carbonyl (C=O) groups excluding carboxylic acids is 2. The highest BCUT2D eigenvalue weighted by Gasteiger charge is 2.26. The second kappa shape index (κ2) is 12.2. The number of benzene rings is 1. The minimum Gasteiger partial charge on any atom is -0.497 e. The summed E-state index contributed by atoms with van der Waals surface area (Å²) in [5, 5.41) is 0. The molecule has 0 spiro atoms. The van der Waals surface area contributed by atoms with Gasteiger partial charge in [-0.25, -0.2) is 4.79 Å². The van der Waals surface area contributed by atoms with E-state index < -0.39 is 5.97 Å². The van der Waals surface area contributed by atoms with Crippen LogP contribution in [0.15, 0.2) is 83.0 Å². The van der Waals surface area contributed by atoms with Gasteiger partial charge >= 0.3 is 5.97 Å². The summed E-state index contributed by atoms with van der Waals surface area (Å²) in [4.78, 5) is 24.2. The molecule has 0 aliphatic heterocycles. The number of esters is 1. The van der Waals surface area contributed by atoms with Crippen LogP contribution in [0.2, 0.25) is 0 Å². The van der Waals surface area contributed by atoms with Crippen LogP contribution in [0.4, 0.5) is 0 Å². The van der Waals surface area contributed by atoms with Crippen molar-refractivity contribution in [2.45, 2.75) is 53.9 Å². The van der Waals surface area contributed by atoms with Crippen molar-refractivity contribution in [3.05, 3.63) is 88.6 Å². The number of carbonyl (C=O) groups is 2. The first-order valence-electron chi connectivity index (χ1n) is 11.4. The third-order valence-electron chi connectivity index (χ3n) is 5.88. The Balaban J connectivity index is 1.88. The molecule has 1 aliphatic rings. The van der Waals surface area contributed by atoms with E-state index in [1.165, 1.54) is 36.5 Å². The number of ether oxygens (including phenoxy) is 2. The molecule has 0 atom stereocenters. The average molecular weight is 449 g/mol. The van der Waals surface area contributed by atoms with Gasteiger partial charge in [0.2, 0.25) is 0 Å². The van der Waals surface area contributed by atoms with Crippen LogP contribution in [0.1, 0.15) is 64.2 Å². The first-order valence-corrected chi connectivity index (χ1v) is 11.4. The molecule has 0 saturated carbocycles. The molecule has 1 aromatic carbocycles. The van der Waals surface area contributed by atoms with Crippen molar-refractivity contribution in [2.75, 3.05) is 13.7 Å².